The van der Waals surface area contributed by atoms with E-state index in [1.807, 2.05) is 6.92 Å². The Hall–Kier alpha value is -0.0800. The monoisotopic (exact) mass is 224 g/mol. The van der Waals surface area contributed by atoms with Crippen molar-refractivity contribution in [2.24, 2.45) is 23.2 Å². The lowest BCUT2D eigenvalue weighted by Crippen LogP contribution is -2.50. The van der Waals surface area contributed by atoms with Crippen LogP contribution in [-0.2, 0) is 4.74 Å². The van der Waals surface area contributed by atoms with Crippen LogP contribution >= 0.6 is 0 Å². The van der Waals surface area contributed by atoms with E-state index in [-0.39, 0.29) is 5.60 Å². The van der Waals surface area contributed by atoms with Crippen molar-refractivity contribution in [1.29, 1.82) is 0 Å². The molecule has 92 valence electrons. The summed E-state index contributed by atoms with van der Waals surface area (Å²) in [5.74, 6) is 0.661. The minimum absolute atomic E-state index is 0.121. The van der Waals surface area contributed by atoms with Gasteiger partial charge in [-0.05, 0) is 56.8 Å². The van der Waals surface area contributed by atoms with Gasteiger partial charge in [0.2, 0.25) is 0 Å². The van der Waals surface area contributed by atoms with Gasteiger partial charge in [-0.3, -0.25) is 0 Å². The molecule has 6 atom stereocenters. The molecule has 2 aliphatic carbocycles. The third kappa shape index (κ3) is 1.10. The van der Waals surface area contributed by atoms with E-state index in [2.05, 4.69) is 20.8 Å². The normalized spacial score (nSPS) is 64.7. The van der Waals surface area contributed by atoms with Crippen LogP contribution in [0.15, 0.2) is 0 Å². The molecule has 4 bridgehead atoms. The maximum Gasteiger partial charge on any atom is 0.166 e. The van der Waals surface area contributed by atoms with E-state index in [1.165, 1.54) is 12.8 Å². The SMILES string of the molecule is C[C@H]1[C@@]2(C)CC[C@@H]3[C@H]2CC[C@@]1(C)O[C@]3(C)O. The smallest absolute Gasteiger partial charge is 0.166 e. The van der Waals surface area contributed by atoms with E-state index < -0.39 is 5.79 Å². The van der Waals surface area contributed by atoms with Gasteiger partial charge in [-0.25, -0.2) is 0 Å². The number of hydrogen-bond donors (Lipinski definition) is 1. The molecular formula is C14H24O2. The van der Waals surface area contributed by atoms with Crippen LogP contribution in [0, 0.1) is 23.2 Å². The van der Waals surface area contributed by atoms with Crippen molar-refractivity contribution in [3.8, 4) is 0 Å². The molecule has 2 saturated heterocycles. The Morgan fingerprint density at radius 1 is 1.06 bits per heavy atom. The Bertz CT molecular complexity index is 325. The van der Waals surface area contributed by atoms with Gasteiger partial charge in [0, 0.05) is 5.92 Å². The molecule has 0 radical (unpaired) electrons. The van der Waals surface area contributed by atoms with Crippen LogP contribution in [0.4, 0.5) is 0 Å². The summed E-state index contributed by atoms with van der Waals surface area (Å²) in [6, 6.07) is 0. The zero-order valence-electron chi connectivity index (χ0n) is 10.9. The van der Waals surface area contributed by atoms with Crippen LogP contribution in [0.1, 0.15) is 53.4 Å². The fraction of sp³-hybridized carbons (Fsp3) is 1.00. The second kappa shape index (κ2) is 2.84. The first-order valence-electron chi connectivity index (χ1n) is 6.72. The predicted molar refractivity (Wildman–Crippen MR) is 62.8 cm³/mol. The Morgan fingerprint density at radius 2 is 1.69 bits per heavy atom. The van der Waals surface area contributed by atoms with Crippen molar-refractivity contribution in [1.82, 2.24) is 0 Å². The highest BCUT2D eigenvalue weighted by Gasteiger charge is 2.65. The lowest BCUT2D eigenvalue weighted by atomic mass is 9.57. The zero-order valence-corrected chi connectivity index (χ0v) is 10.9. The van der Waals surface area contributed by atoms with Crippen molar-refractivity contribution in [3.05, 3.63) is 0 Å². The zero-order chi connectivity index (χ0) is 11.8. The summed E-state index contributed by atoms with van der Waals surface area (Å²) in [4.78, 5) is 0. The second-order valence-corrected chi connectivity index (χ2v) is 6.99. The number of rotatable bonds is 0. The largest absolute Gasteiger partial charge is 0.365 e. The summed E-state index contributed by atoms with van der Waals surface area (Å²) < 4.78 is 6.14. The van der Waals surface area contributed by atoms with Gasteiger partial charge >= 0.3 is 0 Å². The maximum atomic E-state index is 10.6. The molecule has 4 aliphatic rings. The quantitative estimate of drug-likeness (QED) is 0.685. The summed E-state index contributed by atoms with van der Waals surface area (Å²) in [5.41, 5.74) is 0.266. The molecule has 0 aromatic rings. The van der Waals surface area contributed by atoms with Crippen LogP contribution < -0.4 is 0 Å². The standard InChI is InChI=1S/C14H24O2/c1-9-12(2)7-5-11-10(12)6-8-13(9,3)16-14(11,4)15/h9-11,15H,5-8H2,1-4H3/t9-,10+,11+,12+,13+,14-/m0/s1. The van der Waals surface area contributed by atoms with Crippen LogP contribution in [0.25, 0.3) is 0 Å². The average molecular weight is 224 g/mol. The number of fused-ring (bicyclic) bond motifs is 2. The molecule has 1 N–H and O–H groups in total. The molecule has 0 amide bonds. The van der Waals surface area contributed by atoms with Gasteiger partial charge < -0.3 is 9.84 Å². The number of hydrogen-bond acceptors (Lipinski definition) is 2. The summed E-state index contributed by atoms with van der Waals surface area (Å²) in [6.07, 6.45) is 4.74. The van der Waals surface area contributed by atoms with Gasteiger partial charge in [-0.1, -0.05) is 13.8 Å². The van der Waals surface area contributed by atoms with Crippen molar-refractivity contribution in [3.63, 3.8) is 0 Å². The van der Waals surface area contributed by atoms with Gasteiger partial charge in [0.05, 0.1) is 5.60 Å². The second-order valence-electron chi connectivity index (χ2n) is 6.99. The van der Waals surface area contributed by atoms with E-state index in [0.29, 0.717) is 23.2 Å². The Morgan fingerprint density at radius 3 is 2.38 bits per heavy atom. The summed E-state index contributed by atoms with van der Waals surface area (Å²) >= 11 is 0. The van der Waals surface area contributed by atoms with Crippen LogP contribution in [0.3, 0.4) is 0 Å². The predicted octanol–water partition coefficient (Wildman–Crippen LogP) is 2.95. The molecule has 16 heavy (non-hydrogen) atoms. The lowest BCUT2D eigenvalue weighted by Gasteiger charge is -2.50. The first-order chi connectivity index (χ1) is 7.30. The van der Waals surface area contributed by atoms with Crippen molar-refractivity contribution < 1.29 is 9.84 Å². The molecule has 0 aromatic heterocycles. The van der Waals surface area contributed by atoms with E-state index in [9.17, 15) is 5.11 Å². The van der Waals surface area contributed by atoms with E-state index >= 15 is 0 Å². The maximum absolute atomic E-state index is 10.6. The third-order valence-corrected chi connectivity index (χ3v) is 6.31. The molecule has 0 spiro atoms. The molecule has 0 unspecified atom stereocenters. The fourth-order valence-corrected chi connectivity index (χ4v) is 5.07. The highest BCUT2D eigenvalue weighted by atomic mass is 16.6. The van der Waals surface area contributed by atoms with E-state index in [0.717, 1.165) is 12.8 Å². The summed E-state index contributed by atoms with van der Waals surface area (Å²) in [6.45, 7) is 8.84. The van der Waals surface area contributed by atoms with Crippen LogP contribution in [0.2, 0.25) is 0 Å². The molecular weight excluding hydrogens is 200 g/mol. The first-order valence-corrected chi connectivity index (χ1v) is 6.72. The number of aliphatic hydroxyl groups is 1. The minimum Gasteiger partial charge on any atom is -0.365 e. The minimum atomic E-state index is -0.904. The van der Waals surface area contributed by atoms with Gasteiger partial charge in [-0.15, -0.1) is 0 Å². The van der Waals surface area contributed by atoms with E-state index in [1.54, 1.807) is 0 Å². The molecule has 4 rings (SSSR count). The van der Waals surface area contributed by atoms with E-state index in [4.69, 9.17) is 4.74 Å². The van der Waals surface area contributed by atoms with Gasteiger partial charge in [0.15, 0.2) is 5.79 Å². The van der Waals surface area contributed by atoms with Crippen molar-refractivity contribution in [2.45, 2.75) is 64.8 Å². The van der Waals surface area contributed by atoms with Gasteiger partial charge in [-0.2, -0.15) is 0 Å². The Balaban J connectivity index is 2.13. The van der Waals surface area contributed by atoms with Crippen LogP contribution in [-0.4, -0.2) is 16.5 Å². The highest BCUT2D eigenvalue weighted by Crippen LogP contribution is 2.66. The Labute approximate surface area is 98.4 Å². The molecule has 2 aliphatic heterocycles. The third-order valence-electron chi connectivity index (χ3n) is 6.31. The Kier molecular flexibility index (Phi) is 1.96. The molecule has 0 aromatic carbocycles. The molecule has 2 nitrogen and oxygen atoms in total. The average Bonchev–Trinajstić information content (AvgIpc) is 2.45. The fourth-order valence-electron chi connectivity index (χ4n) is 5.07. The highest BCUT2D eigenvalue weighted by molar-refractivity contribution is 5.11. The van der Waals surface area contributed by atoms with Gasteiger partial charge in [0.1, 0.15) is 0 Å². The van der Waals surface area contributed by atoms with Crippen molar-refractivity contribution >= 4 is 0 Å². The lowest BCUT2D eigenvalue weighted by molar-refractivity contribution is -0.281. The topological polar surface area (TPSA) is 29.5 Å². The summed E-state index contributed by atoms with van der Waals surface area (Å²) in [7, 11) is 0. The van der Waals surface area contributed by atoms with Crippen molar-refractivity contribution in [2.75, 3.05) is 0 Å². The molecule has 2 saturated carbocycles. The first kappa shape index (κ1) is 11.0. The molecule has 4 fully saturated rings. The summed E-state index contributed by atoms with van der Waals surface area (Å²) in [5, 5.41) is 10.6. The van der Waals surface area contributed by atoms with Crippen LogP contribution in [0.5, 0.6) is 0 Å². The van der Waals surface area contributed by atoms with Gasteiger partial charge in [0.25, 0.3) is 0 Å². The number of ether oxygens (including phenoxy) is 1. The molecule has 2 heterocycles. The molecule has 2 heteroatoms.